The van der Waals surface area contributed by atoms with E-state index in [-0.39, 0.29) is 0 Å². The van der Waals surface area contributed by atoms with E-state index in [9.17, 15) is 0 Å². The van der Waals surface area contributed by atoms with Gasteiger partial charge in [-0.2, -0.15) is 4.98 Å². The third-order valence-electron chi connectivity index (χ3n) is 2.38. The van der Waals surface area contributed by atoms with Crippen LogP contribution in [0.5, 0.6) is 0 Å². The summed E-state index contributed by atoms with van der Waals surface area (Å²) in [6.45, 7) is 2.03. The van der Waals surface area contributed by atoms with Crippen molar-refractivity contribution < 1.29 is 9.05 Å². The predicted molar refractivity (Wildman–Crippen MR) is 60.0 cm³/mol. The third kappa shape index (κ3) is 1.82. The summed E-state index contributed by atoms with van der Waals surface area (Å²) in [5.74, 6) is 1.36. The Morgan fingerprint density at radius 2 is 1.82 bits per heavy atom. The minimum Gasteiger partial charge on any atom is -0.353 e. The lowest BCUT2D eigenvalue weighted by atomic mass is 10.1. The molecule has 0 fully saturated rings. The van der Waals surface area contributed by atoms with E-state index >= 15 is 0 Å². The van der Waals surface area contributed by atoms with Crippen LogP contribution >= 0.6 is 0 Å². The van der Waals surface area contributed by atoms with Crippen molar-refractivity contribution in [3.05, 3.63) is 42.1 Å². The van der Waals surface area contributed by atoms with E-state index in [1.54, 1.807) is 6.07 Å². The standard InChI is InChI=1S/C12H9N3O2/c1-8-2-4-9(5-3-8)12-14-11(15-17-12)10-6-7-13-16-10/h2-7H,1H3. The minimum absolute atomic E-state index is 0.401. The topological polar surface area (TPSA) is 65.0 Å². The van der Waals surface area contributed by atoms with Gasteiger partial charge in [0.05, 0.1) is 6.20 Å². The SMILES string of the molecule is Cc1ccc(-c2nc(-c3ccno3)no2)cc1. The molecule has 0 saturated heterocycles. The molecule has 0 unspecified atom stereocenters. The van der Waals surface area contributed by atoms with Gasteiger partial charge in [-0.25, -0.2) is 0 Å². The van der Waals surface area contributed by atoms with Crippen molar-refractivity contribution >= 4 is 0 Å². The van der Waals surface area contributed by atoms with Gasteiger partial charge in [-0.05, 0) is 19.1 Å². The monoisotopic (exact) mass is 227 g/mol. The van der Waals surface area contributed by atoms with Crippen LogP contribution in [0.1, 0.15) is 5.56 Å². The summed E-state index contributed by atoms with van der Waals surface area (Å²) in [4.78, 5) is 4.24. The van der Waals surface area contributed by atoms with Crippen LogP contribution in [0.2, 0.25) is 0 Å². The summed E-state index contributed by atoms with van der Waals surface area (Å²) >= 11 is 0. The fraction of sp³-hybridized carbons (Fsp3) is 0.0833. The van der Waals surface area contributed by atoms with Crippen LogP contribution in [-0.4, -0.2) is 15.3 Å². The molecule has 84 valence electrons. The van der Waals surface area contributed by atoms with Crippen molar-refractivity contribution in [3.8, 4) is 23.0 Å². The first-order valence-corrected chi connectivity index (χ1v) is 5.15. The molecule has 3 rings (SSSR count). The lowest BCUT2D eigenvalue weighted by Gasteiger charge is -1.93. The number of aromatic nitrogens is 3. The molecule has 3 aromatic rings. The van der Waals surface area contributed by atoms with Gasteiger partial charge in [0.15, 0.2) is 0 Å². The van der Waals surface area contributed by atoms with Crippen molar-refractivity contribution in [1.82, 2.24) is 15.3 Å². The first kappa shape index (κ1) is 9.77. The molecular weight excluding hydrogens is 218 g/mol. The Balaban J connectivity index is 1.98. The quantitative estimate of drug-likeness (QED) is 0.673. The number of hydrogen-bond donors (Lipinski definition) is 0. The van der Waals surface area contributed by atoms with Crippen LogP contribution in [0.4, 0.5) is 0 Å². The number of hydrogen-bond acceptors (Lipinski definition) is 5. The second-order valence-electron chi connectivity index (χ2n) is 3.67. The van der Waals surface area contributed by atoms with Gasteiger partial charge >= 0.3 is 0 Å². The van der Waals surface area contributed by atoms with Crippen LogP contribution in [0.25, 0.3) is 23.0 Å². The summed E-state index contributed by atoms with van der Waals surface area (Å²) in [5, 5.41) is 7.43. The average molecular weight is 227 g/mol. The van der Waals surface area contributed by atoms with E-state index in [0.717, 1.165) is 5.56 Å². The molecule has 0 saturated carbocycles. The van der Waals surface area contributed by atoms with Gasteiger partial charge in [-0.15, -0.1) is 0 Å². The average Bonchev–Trinajstić information content (AvgIpc) is 3.00. The van der Waals surface area contributed by atoms with Crippen molar-refractivity contribution in [2.24, 2.45) is 0 Å². The van der Waals surface area contributed by atoms with Crippen molar-refractivity contribution in [1.29, 1.82) is 0 Å². The Labute approximate surface area is 97.1 Å². The Bertz CT molecular complexity index is 612. The normalized spacial score (nSPS) is 10.6. The Morgan fingerprint density at radius 3 is 2.53 bits per heavy atom. The maximum Gasteiger partial charge on any atom is 0.258 e. The first-order valence-electron chi connectivity index (χ1n) is 5.15. The molecule has 0 atom stereocenters. The van der Waals surface area contributed by atoms with Gasteiger partial charge in [-0.3, -0.25) is 0 Å². The first-order chi connectivity index (χ1) is 8.33. The molecule has 5 nitrogen and oxygen atoms in total. The fourth-order valence-corrected chi connectivity index (χ4v) is 1.47. The Hall–Kier alpha value is -2.43. The Kier molecular flexibility index (Phi) is 2.22. The highest BCUT2D eigenvalue weighted by Crippen LogP contribution is 2.21. The molecule has 0 aliphatic carbocycles. The molecule has 5 heteroatoms. The third-order valence-corrected chi connectivity index (χ3v) is 2.38. The zero-order valence-electron chi connectivity index (χ0n) is 9.12. The maximum atomic E-state index is 5.17. The molecule has 0 radical (unpaired) electrons. The van der Waals surface area contributed by atoms with Gasteiger partial charge in [0, 0.05) is 11.6 Å². The van der Waals surface area contributed by atoms with Crippen LogP contribution in [0.15, 0.2) is 45.6 Å². The van der Waals surface area contributed by atoms with E-state index in [0.29, 0.717) is 17.5 Å². The highest BCUT2D eigenvalue weighted by molar-refractivity contribution is 5.56. The van der Waals surface area contributed by atoms with Gasteiger partial charge < -0.3 is 9.05 Å². The molecule has 0 N–H and O–H groups in total. The fourth-order valence-electron chi connectivity index (χ4n) is 1.47. The van der Waals surface area contributed by atoms with Gasteiger partial charge in [-0.1, -0.05) is 28.0 Å². The number of rotatable bonds is 2. The Morgan fingerprint density at radius 1 is 1.00 bits per heavy atom. The lowest BCUT2D eigenvalue weighted by molar-refractivity contribution is 0.412. The lowest BCUT2D eigenvalue weighted by Crippen LogP contribution is -1.79. The molecule has 17 heavy (non-hydrogen) atoms. The predicted octanol–water partition coefficient (Wildman–Crippen LogP) is 2.70. The highest BCUT2D eigenvalue weighted by atomic mass is 16.5. The molecule has 2 aromatic heterocycles. The number of benzene rings is 1. The molecule has 2 heterocycles. The van der Waals surface area contributed by atoms with Gasteiger partial charge in [0.1, 0.15) is 0 Å². The van der Waals surface area contributed by atoms with Crippen LogP contribution in [0, 0.1) is 6.92 Å². The minimum atomic E-state index is 0.401. The van der Waals surface area contributed by atoms with Crippen molar-refractivity contribution in [2.75, 3.05) is 0 Å². The van der Waals surface area contributed by atoms with E-state index in [1.165, 1.54) is 11.8 Å². The maximum absolute atomic E-state index is 5.17. The number of nitrogens with zero attached hydrogens (tertiary/aromatic N) is 3. The van der Waals surface area contributed by atoms with Gasteiger partial charge in [0.2, 0.25) is 11.6 Å². The smallest absolute Gasteiger partial charge is 0.258 e. The molecule has 1 aromatic carbocycles. The van der Waals surface area contributed by atoms with Crippen LogP contribution in [-0.2, 0) is 0 Å². The molecule has 0 amide bonds. The van der Waals surface area contributed by atoms with Gasteiger partial charge in [0.25, 0.3) is 5.89 Å². The van der Waals surface area contributed by atoms with Crippen LogP contribution < -0.4 is 0 Å². The molecule has 0 aliphatic heterocycles. The summed E-state index contributed by atoms with van der Waals surface area (Å²) in [6, 6.07) is 9.55. The van der Waals surface area contributed by atoms with E-state index in [1.807, 2.05) is 31.2 Å². The zero-order valence-corrected chi connectivity index (χ0v) is 9.12. The summed E-state index contributed by atoms with van der Waals surface area (Å²) in [7, 11) is 0. The van der Waals surface area contributed by atoms with Crippen molar-refractivity contribution in [3.63, 3.8) is 0 Å². The summed E-state index contributed by atoms with van der Waals surface area (Å²) in [5.41, 5.74) is 2.07. The molecular formula is C12H9N3O2. The summed E-state index contributed by atoms with van der Waals surface area (Å²) in [6.07, 6.45) is 1.54. The van der Waals surface area contributed by atoms with E-state index < -0.39 is 0 Å². The van der Waals surface area contributed by atoms with Crippen molar-refractivity contribution in [2.45, 2.75) is 6.92 Å². The van der Waals surface area contributed by atoms with Crippen LogP contribution in [0.3, 0.4) is 0 Å². The molecule has 0 aliphatic rings. The zero-order chi connectivity index (χ0) is 11.7. The van der Waals surface area contributed by atoms with E-state index in [4.69, 9.17) is 9.05 Å². The highest BCUT2D eigenvalue weighted by Gasteiger charge is 2.12. The second-order valence-corrected chi connectivity index (χ2v) is 3.67. The van der Waals surface area contributed by atoms with E-state index in [2.05, 4.69) is 15.3 Å². The molecule has 0 bridgehead atoms. The molecule has 0 spiro atoms. The number of aryl methyl sites for hydroxylation is 1. The largest absolute Gasteiger partial charge is 0.353 e. The second kappa shape index (κ2) is 3.86. The summed E-state index contributed by atoms with van der Waals surface area (Å²) < 4.78 is 10.1.